The Balaban J connectivity index is 1.74. The third-order valence-electron chi connectivity index (χ3n) is 3.88. The van der Waals surface area contributed by atoms with Crippen LogP contribution in [0.25, 0.3) is 0 Å². The van der Waals surface area contributed by atoms with Crippen LogP contribution < -0.4 is 10.6 Å². The van der Waals surface area contributed by atoms with Gasteiger partial charge in [0, 0.05) is 12.2 Å². The monoisotopic (exact) mass is 356 g/mol. The molecule has 0 aliphatic carbocycles. The molecule has 25 heavy (non-hydrogen) atoms. The number of hydrogen-bond donors (Lipinski definition) is 2. The lowest BCUT2D eigenvalue weighted by Crippen LogP contribution is -2.31. The number of carbonyl (C=O) groups excluding carboxylic acids is 2. The van der Waals surface area contributed by atoms with E-state index in [9.17, 15) is 9.59 Å². The Morgan fingerprint density at radius 1 is 1.04 bits per heavy atom. The molecule has 0 aliphatic rings. The Hall–Kier alpha value is -2.27. The summed E-state index contributed by atoms with van der Waals surface area (Å²) in [5, 5.41) is 5.48. The molecule has 1 atom stereocenters. The Bertz CT molecular complexity index is 729. The van der Waals surface area contributed by atoms with E-state index in [-0.39, 0.29) is 22.8 Å². The van der Waals surface area contributed by atoms with Crippen molar-refractivity contribution in [1.29, 1.82) is 0 Å². The van der Waals surface area contributed by atoms with Gasteiger partial charge in [0.15, 0.2) is 0 Å². The van der Waals surface area contributed by atoms with Crippen LogP contribution in [0, 0.1) is 13.8 Å². The zero-order valence-corrected chi connectivity index (χ0v) is 15.7. The van der Waals surface area contributed by atoms with Gasteiger partial charge in [0.1, 0.15) is 0 Å². The second-order valence-corrected chi connectivity index (χ2v) is 7.34. The first-order valence-corrected chi connectivity index (χ1v) is 9.31. The molecule has 0 aliphatic heterocycles. The molecule has 0 fully saturated rings. The summed E-state index contributed by atoms with van der Waals surface area (Å²) in [5.74, 6) is 0.0797. The van der Waals surface area contributed by atoms with Gasteiger partial charge in [-0.25, -0.2) is 0 Å². The van der Waals surface area contributed by atoms with Crippen molar-refractivity contribution in [3.8, 4) is 0 Å². The molecule has 0 saturated carbocycles. The number of anilines is 1. The summed E-state index contributed by atoms with van der Waals surface area (Å²) in [6, 6.07) is 15.6. The number of rotatable bonds is 7. The third kappa shape index (κ3) is 6.27. The molecule has 0 saturated heterocycles. The van der Waals surface area contributed by atoms with E-state index in [1.54, 1.807) is 0 Å². The summed E-state index contributed by atoms with van der Waals surface area (Å²) in [6.45, 7) is 6.34. The average Bonchev–Trinajstić information content (AvgIpc) is 2.60. The molecule has 0 aromatic heterocycles. The maximum atomic E-state index is 12.2. The summed E-state index contributed by atoms with van der Waals surface area (Å²) >= 11 is 1.33. The van der Waals surface area contributed by atoms with E-state index in [1.165, 1.54) is 11.8 Å². The van der Waals surface area contributed by atoms with Gasteiger partial charge >= 0.3 is 0 Å². The highest BCUT2D eigenvalue weighted by atomic mass is 32.2. The van der Waals surface area contributed by atoms with Gasteiger partial charge in [0.25, 0.3) is 0 Å². The molecule has 0 heterocycles. The first kappa shape index (κ1) is 19.1. The SMILES string of the molecule is Cc1ccc(NC(=O)CS[C@@H](C)C(=O)NCc2ccccc2C)cc1. The fourth-order valence-corrected chi connectivity index (χ4v) is 2.95. The maximum absolute atomic E-state index is 12.2. The Kier molecular flexibility index (Phi) is 7.07. The van der Waals surface area contributed by atoms with Gasteiger partial charge < -0.3 is 10.6 Å². The minimum atomic E-state index is -0.284. The van der Waals surface area contributed by atoms with Gasteiger partial charge in [-0.2, -0.15) is 0 Å². The molecule has 0 bridgehead atoms. The quantitative estimate of drug-likeness (QED) is 0.796. The second kappa shape index (κ2) is 9.28. The lowest BCUT2D eigenvalue weighted by atomic mass is 10.1. The van der Waals surface area contributed by atoms with E-state index >= 15 is 0 Å². The second-order valence-electron chi connectivity index (χ2n) is 6.01. The van der Waals surface area contributed by atoms with Crippen LogP contribution in [0.5, 0.6) is 0 Å². The lowest BCUT2D eigenvalue weighted by molar-refractivity contribution is -0.120. The van der Waals surface area contributed by atoms with Gasteiger partial charge in [-0.15, -0.1) is 11.8 Å². The minimum absolute atomic E-state index is 0.0589. The number of benzene rings is 2. The summed E-state index contributed by atoms with van der Waals surface area (Å²) in [6.07, 6.45) is 0. The highest BCUT2D eigenvalue weighted by Gasteiger charge is 2.15. The van der Waals surface area contributed by atoms with Crippen LogP contribution in [0.1, 0.15) is 23.6 Å². The molecule has 0 radical (unpaired) electrons. The first-order valence-electron chi connectivity index (χ1n) is 8.26. The zero-order valence-electron chi connectivity index (χ0n) is 14.8. The molecule has 2 amide bonds. The molecule has 5 heteroatoms. The molecule has 0 unspecified atom stereocenters. The predicted octanol–water partition coefficient (Wildman–Crippen LogP) is 3.68. The average molecular weight is 356 g/mol. The zero-order chi connectivity index (χ0) is 18.2. The topological polar surface area (TPSA) is 58.2 Å². The number of carbonyl (C=O) groups is 2. The van der Waals surface area contributed by atoms with Crippen LogP contribution in [-0.2, 0) is 16.1 Å². The van der Waals surface area contributed by atoms with Gasteiger partial charge in [-0.1, -0.05) is 42.0 Å². The molecule has 0 spiro atoms. The van der Waals surface area contributed by atoms with E-state index < -0.39 is 0 Å². The van der Waals surface area contributed by atoms with Crippen molar-refractivity contribution in [2.45, 2.75) is 32.6 Å². The van der Waals surface area contributed by atoms with Crippen LogP contribution >= 0.6 is 11.8 Å². The standard InChI is InChI=1S/C20H24N2O2S/c1-14-8-10-18(11-9-14)22-19(23)13-25-16(3)20(24)21-12-17-7-5-4-6-15(17)2/h4-11,16H,12-13H2,1-3H3,(H,21,24)(H,22,23)/t16-/m0/s1. The van der Waals surface area contributed by atoms with Crippen molar-refractivity contribution in [3.05, 3.63) is 65.2 Å². The van der Waals surface area contributed by atoms with Crippen LogP contribution in [0.2, 0.25) is 0 Å². The first-order chi connectivity index (χ1) is 12.0. The maximum Gasteiger partial charge on any atom is 0.234 e. The number of amides is 2. The van der Waals surface area contributed by atoms with E-state index in [0.717, 1.165) is 22.4 Å². The van der Waals surface area contributed by atoms with Crippen LogP contribution in [-0.4, -0.2) is 22.8 Å². The minimum Gasteiger partial charge on any atom is -0.351 e. The fraction of sp³-hybridized carbons (Fsp3) is 0.300. The van der Waals surface area contributed by atoms with Gasteiger partial charge in [-0.05, 0) is 44.0 Å². The largest absolute Gasteiger partial charge is 0.351 e. The summed E-state index contributed by atoms with van der Waals surface area (Å²) in [4.78, 5) is 24.2. The van der Waals surface area contributed by atoms with Crippen molar-refractivity contribution in [2.75, 3.05) is 11.1 Å². The van der Waals surface area contributed by atoms with Crippen LogP contribution in [0.15, 0.2) is 48.5 Å². The number of aryl methyl sites for hydroxylation is 2. The molecule has 4 nitrogen and oxygen atoms in total. The Morgan fingerprint density at radius 3 is 2.40 bits per heavy atom. The molecular weight excluding hydrogens is 332 g/mol. The number of thioether (sulfide) groups is 1. The van der Waals surface area contributed by atoms with Crippen molar-refractivity contribution < 1.29 is 9.59 Å². The third-order valence-corrected chi connectivity index (χ3v) is 5.03. The molecule has 2 aromatic rings. The van der Waals surface area contributed by atoms with Crippen LogP contribution in [0.3, 0.4) is 0 Å². The summed E-state index contributed by atoms with van der Waals surface area (Å²) in [5.41, 5.74) is 4.17. The molecular formula is C20H24N2O2S. The predicted molar refractivity (Wildman–Crippen MR) is 105 cm³/mol. The summed E-state index contributed by atoms with van der Waals surface area (Å²) in [7, 11) is 0. The number of nitrogens with one attached hydrogen (secondary N) is 2. The van der Waals surface area contributed by atoms with Crippen molar-refractivity contribution in [1.82, 2.24) is 5.32 Å². The van der Waals surface area contributed by atoms with E-state index in [1.807, 2.05) is 69.3 Å². The highest BCUT2D eigenvalue weighted by Crippen LogP contribution is 2.14. The highest BCUT2D eigenvalue weighted by molar-refractivity contribution is 8.01. The fourth-order valence-electron chi connectivity index (χ4n) is 2.24. The van der Waals surface area contributed by atoms with E-state index in [4.69, 9.17) is 0 Å². The molecule has 2 rings (SSSR count). The molecule has 132 valence electrons. The molecule has 2 N–H and O–H groups in total. The number of hydrogen-bond acceptors (Lipinski definition) is 3. The molecule has 2 aromatic carbocycles. The summed E-state index contributed by atoms with van der Waals surface area (Å²) < 4.78 is 0. The normalized spacial score (nSPS) is 11.6. The van der Waals surface area contributed by atoms with E-state index in [0.29, 0.717) is 6.54 Å². The van der Waals surface area contributed by atoms with Crippen molar-refractivity contribution in [3.63, 3.8) is 0 Å². The smallest absolute Gasteiger partial charge is 0.234 e. The Labute approximate surface area is 153 Å². The van der Waals surface area contributed by atoms with Crippen molar-refractivity contribution in [2.24, 2.45) is 0 Å². The Morgan fingerprint density at radius 2 is 1.72 bits per heavy atom. The van der Waals surface area contributed by atoms with Gasteiger partial charge in [0.05, 0.1) is 11.0 Å². The van der Waals surface area contributed by atoms with Crippen LogP contribution in [0.4, 0.5) is 5.69 Å². The van der Waals surface area contributed by atoms with Gasteiger partial charge in [0.2, 0.25) is 11.8 Å². The van der Waals surface area contributed by atoms with E-state index in [2.05, 4.69) is 10.6 Å². The van der Waals surface area contributed by atoms with Crippen molar-refractivity contribution >= 4 is 29.3 Å². The van der Waals surface area contributed by atoms with Gasteiger partial charge in [-0.3, -0.25) is 9.59 Å². The lowest BCUT2D eigenvalue weighted by Gasteiger charge is -2.13.